The van der Waals surface area contributed by atoms with E-state index in [4.69, 9.17) is 0 Å². The van der Waals surface area contributed by atoms with Crippen molar-refractivity contribution in [2.75, 3.05) is 6.54 Å². The Morgan fingerprint density at radius 1 is 0.750 bits per heavy atom. The maximum atomic E-state index is 12.2. The number of nitrogens with zero attached hydrogens (tertiary/aromatic N) is 1. The molecular weight excluding hydrogens is 346 g/mol. The molecule has 3 nitrogen and oxygen atoms in total. The molecule has 0 saturated carbocycles. The van der Waals surface area contributed by atoms with Crippen molar-refractivity contribution in [1.29, 1.82) is 0 Å². The van der Waals surface area contributed by atoms with Crippen LogP contribution in [-0.2, 0) is 9.59 Å². The third-order valence-corrected chi connectivity index (χ3v) is 5.92. The molecule has 1 saturated heterocycles. The van der Waals surface area contributed by atoms with Crippen LogP contribution in [0.4, 0.5) is 0 Å². The average Bonchev–Trinajstić information content (AvgIpc) is 2.92. The van der Waals surface area contributed by atoms with Crippen LogP contribution in [0.25, 0.3) is 0 Å². The minimum Gasteiger partial charge on any atom is -0.283 e. The molecule has 0 spiro atoms. The molecular formula is C25H45NO2. The van der Waals surface area contributed by atoms with Crippen LogP contribution in [0.3, 0.4) is 0 Å². The van der Waals surface area contributed by atoms with Crippen LogP contribution in [0.1, 0.15) is 128 Å². The number of hydrogen-bond acceptors (Lipinski definition) is 2. The van der Waals surface area contributed by atoms with Crippen molar-refractivity contribution in [3.63, 3.8) is 0 Å². The maximum absolute atomic E-state index is 12.2. The Morgan fingerprint density at radius 3 is 1.79 bits per heavy atom. The van der Waals surface area contributed by atoms with Gasteiger partial charge in [-0.2, -0.15) is 0 Å². The fourth-order valence-corrected chi connectivity index (χ4v) is 4.07. The standard InChI is InChI=1S/C25H45NO2/c1-2-3-4-5-6-7-8-9-10-11-12-13-14-15-16-18-21-24(27)26-23-20-17-19-22-25(26)28/h2H,1,3-23H2. The summed E-state index contributed by atoms with van der Waals surface area (Å²) in [4.78, 5) is 25.7. The van der Waals surface area contributed by atoms with Gasteiger partial charge >= 0.3 is 0 Å². The zero-order valence-electron chi connectivity index (χ0n) is 18.4. The number of hydrogen-bond donors (Lipinski definition) is 0. The lowest BCUT2D eigenvalue weighted by atomic mass is 10.0. The van der Waals surface area contributed by atoms with Crippen molar-refractivity contribution in [2.24, 2.45) is 0 Å². The summed E-state index contributed by atoms with van der Waals surface area (Å²) >= 11 is 0. The first kappa shape index (κ1) is 24.9. The Morgan fingerprint density at radius 2 is 1.25 bits per heavy atom. The van der Waals surface area contributed by atoms with Crippen molar-refractivity contribution in [3.8, 4) is 0 Å². The number of allylic oxidation sites excluding steroid dienone is 1. The lowest BCUT2D eigenvalue weighted by Gasteiger charge is -2.18. The molecule has 0 aromatic carbocycles. The number of amides is 2. The van der Waals surface area contributed by atoms with Crippen LogP contribution in [0.15, 0.2) is 12.7 Å². The molecule has 0 atom stereocenters. The number of carbonyl (C=O) groups is 2. The van der Waals surface area contributed by atoms with Gasteiger partial charge in [-0.3, -0.25) is 14.5 Å². The summed E-state index contributed by atoms with van der Waals surface area (Å²) < 4.78 is 0. The second-order valence-corrected chi connectivity index (χ2v) is 8.53. The van der Waals surface area contributed by atoms with Crippen LogP contribution in [0, 0.1) is 0 Å². The first-order valence-electron chi connectivity index (χ1n) is 12.2. The third-order valence-electron chi connectivity index (χ3n) is 5.92. The van der Waals surface area contributed by atoms with E-state index in [0.717, 1.165) is 32.1 Å². The highest BCUT2D eigenvalue weighted by molar-refractivity contribution is 5.95. The van der Waals surface area contributed by atoms with E-state index in [0.29, 0.717) is 19.4 Å². The van der Waals surface area contributed by atoms with Gasteiger partial charge in [-0.05, 0) is 32.1 Å². The molecule has 162 valence electrons. The van der Waals surface area contributed by atoms with Crippen LogP contribution in [0.2, 0.25) is 0 Å². The van der Waals surface area contributed by atoms with E-state index >= 15 is 0 Å². The van der Waals surface area contributed by atoms with Gasteiger partial charge in [0.25, 0.3) is 0 Å². The summed E-state index contributed by atoms with van der Waals surface area (Å²) in [5.41, 5.74) is 0. The third kappa shape index (κ3) is 13.1. The van der Waals surface area contributed by atoms with Crippen LogP contribution in [-0.4, -0.2) is 23.3 Å². The van der Waals surface area contributed by atoms with Crippen LogP contribution < -0.4 is 0 Å². The normalized spacial score (nSPS) is 14.9. The van der Waals surface area contributed by atoms with E-state index in [9.17, 15) is 9.59 Å². The van der Waals surface area contributed by atoms with Crippen molar-refractivity contribution < 1.29 is 9.59 Å². The van der Waals surface area contributed by atoms with E-state index in [1.165, 1.54) is 88.4 Å². The molecule has 0 radical (unpaired) electrons. The Labute approximate surface area is 174 Å². The van der Waals surface area contributed by atoms with Gasteiger partial charge in [0.2, 0.25) is 11.8 Å². The van der Waals surface area contributed by atoms with E-state index in [1.54, 1.807) is 0 Å². The molecule has 1 fully saturated rings. The lowest BCUT2D eigenvalue weighted by molar-refractivity contribution is -0.144. The molecule has 2 amide bonds. The predicted molar refractivity (Wildman–Crippen MR) is 119 cm³/mol. The second-order valence-electron chi connectivity index (χ2n) is 8.53. The van der Waals surface area contributed by atoms with Gasteiger partial charge in [0.1, 0.15) is 0 Å². The highest BCUT2D eigenvalue weighted by Gasteiger charge is 2.22. The van der Waals surface area contributed by atoms with Crippen molar-refractivity contribution in [3.05, 3.63) is 12.7 Å². The van der Waals surface area contributed by atoms with Gasteiger partial charge in [0.15, 0.2) is 0 Å². The van der Waals surface area contributed by atoms with Crippen molar-refractivity contribution in [1.82, 2.24) is 4.90 Å². The van der Waals surface area contributed by atoms with Gasteiger partial charge in [-0.15, -0.1) is 6.58 Å². The molecule has 1 rings (SSSR count). The smallest absolute Gasteiger partial charge is 0.229 e. The Balaban J connectivity index is 1.82. The highest BCUT2D eigenvalue weighted by Crippen LogP contribution is 2.16. The second kappa shape index (κ2) is 17.9. The molecule has 0 aromatic rings. The molecule has 0 bridgehead atoms. The quantitative estimate of drug-likeness (QED) is 0.192. The Hall–Kier alpha value is -1.12. The van der Waals surface area contributed by atoms with Gasteiger partial charge in [0, 0.05) is 19.4 Å². The average molecular weight is 392 g/mol. The Bertz CT molecular complexity index is 419. The van der Waals surface area contributed by atoms with E-state index in [2.05, 4.69) is 6.58 Å². The van der Waals surface area contributed by atoms with Crippen molar-refractivity contribution in [2.45, 2.75) is 128 Å². The van der Waals surface area contributed by atoms with Crippen molar-refractivity contribution >= 4 is 11.8 Å². The molecule has 0 unspecified atom stereocenters. The zero-order valence-corrected chi connectivity index (χ0v) is 18.4. The summed E-state index contributed by atoms with van der Waals surface area (Å²) in [6, 6.07) is 0. The van der Waals surface area contributed by atoms with Crippen LogP contribution in [0.5, 0.6) is 0 Å². The Kier molecular flexibility index (Phi) is 16.0. The molecule has 0 aromatic heterocycles. The molecule has 1 aliphatic heterocycles. The van der Waals surface area contributed by atoms with E-state index in [-0.39, 0.29) is 11.8 Å². The minimum atomic E-state index is 0.0511. The summed E-state index contributed by atoms with van der Waals surface area (Å²) in [5, 5.41) is 0. The molecule has 1 heterocycles. The number of rotatable bonds is 17. The van der Waals surface area contributed by atoms with Gasteiger partial charge in [-0.1, -0.05) is 89.5 Å². The summed E-state index contributed by atoms with van der Waals surface area (Å²) in [7, 11) is 0. The van der Waals surface area contributed by atoms with Gasteiger partial charge in [-0.25, -0.2) is 0 Å². The topological polar surface area (TPSA) is 37.4 Å². The lowest BCUT2D eigenvalue weighted by Crippen LogP contribution is -2.36. The molecule has 28 heavy (non-hydrogen) atoms. The minimum absolute atomic E-state index is 0.0511. The predicted octanol–water partition coefficient (Wildman–Crippen LogP) is 7.34. The van der Waals surface area contributed by atoms with Crippen LogP contribution >= 0.6 is 0 Å². The number of imide groups is 1. The first-order chi connectivity index (χ1) is 13.8. The zero-order chi connectivity index (χ0) is 20.3. The largest absolute Gasteiger partial charge is 0.283 e. The number of carbonyl (C=O) groups excluding carboxylic acids is 2. The summed E-state index contributed by atoms with van der Waals surface area (Å²) in [5.74, 6) is 0.114. The molecule has 0 aliphatic carbocycles. The van der Waals surface area contributed by atoms with Gasteiger partial charge in [0.05, 0.1) is 0 Å². The fourth-order valence-electron chi connectivity index (χ4n) is 4.07. The fraction of sp³-hybridized carbons (Fsp3) is 0.840. The number of unbranched alkanes of at least 4 members (excludes halogenated alkanes) is 14. The monoisotopic (exact) mass is 391 g/mol. The summed E-state index contributed by atoms with van der Waals surface area (Å²) in [6.07, 6.45) is 25.6. The first-order valence-corrected chi connectivity index (χ1v) is 12.2. The molecule has 3 heteroatoms. The summed E-state index contributed by atoms with van der Waals surface area (Å²) in [6.45, 7) is 4.41. The van der Waals surface area contributed by atoms with Gasteiger partial charge < -0.3 is 0 Å². The maximum Gasteiger partial charge on any atom is 0.229 e. The highest BCUT2D eigenvalue weighted by atomic mass is 16.2. The molecule has 0 N–H and O–H groups in total. The number of likely N-dealkylation sites (tertiary alicyclic amines) is 1. The van der Waals surface area contributed by atoms with E-state index in [1.807, 2.05) is 6.08 Å². The van der Waals surface area contributed by atoms with E-state index < -0.39 is 0 Å². The SMILES string of the molecule is C=CCCCCCCCCCCCCCCCCC(=O)N1CCCCCC1=O. The molecule has 1 aliphatic rings.